The van der Waals surface area contributed by atoms with Crippen molar-refractivity contribution in [3.05, 3.63) is 53.1 Å². The summed E-state index contributed by atoms with van der Waals surface area (Å²) in [6.07, 6.45) is 3.91. The molecule has 7 heteroatoms. The van der Waals surface area contributed by atoms with Crippen LogP contribution in [0.3, 0.4) is 0 Å². The van der Waals surface area contributed by atoms with Crippen LogP contribution in [0.5, 0.6) is 5.75 Å². The van der Waals surface area contributed by atoms with E-state index in [2.05, 4.69) is 29.1 Å². The average Bonchev–Trinajstić information content (AvgIpc) is 2.77. The first kappa shape index (κ1) is 22.7. The van der Waals surface area contributed by atoms with E-state index >= 15 is 0 Å². The van der Waals surface area contributed by atoms with Crippen molar-refractivity contribution >= 4 is 11.8 Å². The van der Waals surface area contributed by atoms with Gasteiger partial charge in [0.1, 0.15) is 11.6 Å². The molecule has 2 aromatic rings. The second kappa shape index (κ2) is 10.4. The lowest BCUT2D eigenvalue weighted by Gasteiger charge is -2.32. The third-order valence-electron chi connectivity index (χ3n) is 5.67. The number of aryl methyl sites for hydroxylation is 1. The molecule has 0 bridgehead atoms. The van der Waals surface area contributed by atoms with E-state index in [1.165, 1.54) is 0 Å². The fourth-order valence-electron chi connectivity index (χ4n) is 3.89. The Kier molecular flexibility index (Phi) is 7.60. The highest BCUT2D eigenvalue weighted by atomic mass is 16.5. The van der Waals surface area contributed by atoms with Crippen LogP contribution in [-0.4, -0.2) is 46.9 Å². The first-order valence-corrected chi connectivity index (χ1v) is 10.9. The summed E-state index contributed by atoms with van der Waals surface area (Å²) in [7, 11) is 1.61. The number of amides is 2. The summed E-state index contributed by atoms with van der Waals surface area (Å²) < 4.78 is 5.33. The van der Waals surface area contributed by atoms with Gasteiger partial charge >= 0.3 is 0 Å². The van der Waals surface area contributed by atoms with E-state index in [1.54, 1.807) is 13.3 Å². The predicted octanol–water partition coefficient (Wildman–Crippen LogP) is 3.48. The molecule has 1 aliphatic heterocycles. The fourth-order valence-corrected chi connectivity index (χ4v) is 3.89. The van der Waals surface area contributed by atoms with Crippen LogP contribution in [0.15, 0.2) is 30.5 Å². The highest BCUT2D eigenvalue weighted by Crippen LogP contribution is 2.26. The van der Waals surface area contributed by atoms with Crippen molar-refractivity contribution in [3.63, 3.8) is 0 Å². The molecular formula is C24H32N4O3. The van der Waals surface area contributed by atoms with Gasteiger partial charge in [-0.25, -0.2) is 9.97 Å². The SMILES string of the molecule is COc1ccccc1CNC(=O)c1cnc(C2CCN(C(=O)CC(C)C)CC2)nc1C. The van der Waals surface area contributed by atoms with Gasteiger partial charge in [0.15, 0.2) is 0 Å². The van der Waals surface area contributed by atoms with E-state index in [1.807, 2.05) is 36.1 Å². The zero-order valence-electron chi connectivity index (χ0n) is 18.9. The molecule has 1 aromatic carbocycles. The molecule has 7 nitrogen and oxygen atoms in total. The number of piperidine rings is 1. The first-order chi connectivity index (χ1) is 14.9. The topological polar surface area (TPSA) is 84.4 Å². The lowest BCUT2D eigenvalue weighted by molar-refractivity contribution is -0.133. The fraction of sp³-hybridized carbons (Fsp3) is 0.500. The molecule has 1 fully saturated rings. The summed E-state index contributed by atoms with van der Waals surface area (Å²) in [5.41, 5.74) is 2.05. The van der Waals surface area contributed by atoms with Crippen molar-refractivity contribution in [3.8, 4) is 5.75 Å². The van der Waals surface area contributed by atoms with E-state index in [0.717, 1.165) is 43.1 Å². The summed E-state index contributed by atoms with van der Waals surface area (Å²) in [5.74, 6) is 2.11. The maximum absolute atomic E-state index is 12.7. The van der Waals surface area contributed by atoms with E-state index < -0.39 is 0 Å². The molecule has 2 heterocycles. The lowest BCUT2D eigenvalue weighted by atomic mass is 9.95. The Morgan fingerprint density at radius 1 is 1.23 bits per heavy atom. The van der Waals surface area contributed by atoms with Crippen LogP contribution in [0, 0.1) is 12.8 Å². The molecule has 3 rings (SSSR count). The predicted molar refractivity (Wildman–Crippen MR) is 119 cm³/mol. The second-order valence-corrected chi connectivity index (χ2v) is 8.47. The van der Waals surface area contributed by atoms with Gasteiger partial charge in [0.05, 0.1) is 18.4 Å². The van der Waals surface area contributed by atoms with Crippen LogP contribution in [0.25, 0.3) is 0 Å². The molecule has 1 N–H and O–H groups in total. The average molecular weight is 425 g/mol. The first-order valence-electron chi connectivity index (χ1n) is 10.9. The Labute approximate surface area is 184 Å². The molecule has 0 spiro atoms. The van der Waals surface area contributed by atoms with Crippen molar-refractivity contribution in [2.24, 2.45) is 5.92 Å². The Hall–Kier alpha value is -2.96. The number of carbonyl (C=O) groups excluding carboxylic acids is 2. The molecule has 0 aliphatic carbocycles. The molecule has 1 aliphatic rings. The Morgan fingerprint density at radius 3 is 2.58 bits per heavy atom. The molecule has 166 valence electrons. The maximum atomic E-state index is 12.7. The number of ether oxygens (including phenoxy) is 1. The maximum Gasteiger partial charge on any atom is 0.254 e. The second-order valence-electron chi connectivity index (χ2n) is 8.47. The summed E-state index contributed by atoms with van der Waals surface area (Å²) >= 11 is 0. The Bertz CT molecular complexity index is 921. The van der Waals surface area contributed by atoms with Crippen LogP contribution in [-0.2, 0) is 11.3 Å². The smallest absolute Gasteiger partial charge is 0.254 e. The molecule has 0 radical (unpaired) electrons. The number of benzene rings is 1. The van der Waals surface area contributed by atoms with Crippen molar-refractivity contribution in [1.29, 1.82) is 0 Å². The highest BCUT2D eigenvalue weighted by Gasteiger charge is 2.26. The molecular weight excluding hydrogens is 392 g/mol. The van der Waals surface area contributed by atoms with Gasteiger partial charge in [-0.3, -0.25) is 9.59 Å². The van der Waals surface area contributed by atoms with Gasteiger partial charge in [-0.2, -0.15) is 0 Å². The van der Waals surface area contributed by atoms with E-state index in [0.29, 0.717) is 30.1 Å². The van der Waals surface area contributed by atoms with Crippen LogP contribution < -0.4 is 10.1 Å². The monoisotopic (exact) mass is 424 g/mol. The lowest BCUT2D eigenvalue weighted by Crippen LogP contribution is -2.38. The standard InChI is InChI=1S/C24H32N4O3/c1-16(2)13-22(29)28-11-9-18(10-12-28)23-25-15-20(17(3)27-23)24(30)26-14-19-7-5-6-8-21(19)31-4/h5-8,15-16,18H,9-14H2,1-4H3,(H,26,30). The largest absolute Gasteiger partial charge is 0.496 e. The van der Waals surface area contributed by atoms with Crippen molar-refractivity contribution in [2.75, 3.05) is 20.2 Å². The van der Waals surface area contributed by atoms with Crippen molar-refractivity contribution in [2.45, 2.75) is 52.5 Å². The number of carbonyl (C=O) groups is 2. The van der Waals surface area contributed by atoms with Gasteiger partial charge in [-0.15, -0.1) is 0 Å². The number of aromatic nitrogens is 2. The minimum Gasteiger partial charge on any atom is -0.496 e. The van der Waals surface area contributed by atoms with Crippen LogP contribution in [0.4, 0.5) is 0 Å². The van der Waals surface area contributed by atoms with Gasteiger partial charge in [0, 0.05) is 43.7 Å². The third kappa shape index (κ3) is 5.81. The summed E-state index contributed by atoms with van der Waals surface area (Å²) in [4.78, 5) is 36.0. The molecule has 0 saturated carbocycles. The normalized spacial score (nSPS) is 14.5. The molecule has 0 unspecified atom stereocenters. The van der Waals surface area contributed by atoms with Crippen LogP contribution in [0.1, 0.15) is 66.5 Å². The number of likely N-dealkylation sites (tertiary alicyclic amines) is 1. The van der Waals surface area contributed by atoms with Crippen molar-refractivity contribution in [1.82, 2.24) is 20.2 Å². The van der Waals surface area contributed by atoms with E-state index in [-0.39, 0.29) is 17.7 Å². The molecule has 1 saturated heterocycles. The minimum absolute atomic E-state index is 0.205. The van der Waals surface area contributed by atoms with E-state index in [4.69, 9.17) is 4.74 Å². The number of hydrogen-bond acceptors (Lipinski definition) is 5. The van der Waals surface area contributed by atoms with E-state index in [9.17, 15) is 9.59 Å². The van der Waals surface area contributed by atoms with Gasteiger partial charge in [-0.1, -0.05) is 32.0 Å². The number of para-hydroxylation sites is 1. The van der Waals surface area contributed by atoms with Gasteiger partial charge in [0.2, 0.25) is 5.91 Å². The zero-order chi connectivity index (χ0) is 22.4. The Balaban J connectivity index is 1.59. The highest BCUT2D eigenvalue weighted by molar-refractivity contribution is 5.94. The van der Waals surface area contributed by atoms with Crippen LogP contribution >= 0.6 is 0 Å². The number of nitrogens with one attached hydrogen (secondary N) is 1. The summed E-state index contributed by atoms with van der Waals surface area (Å²) in [6, 6.07) is 7.59. The number of nitrogens with zero attached hydrogens (tertiary/aromatic N) is 3. The summed E-state index contributed by atoms with van der Waals surface area (Å²) in [6.45, 7) is 7.81. The third-order valence-corrected chi connectivity index (χ3v) is 5.67. The number of hydrogen-bond donors (Lipinski definition) is 1. The van der Waals surface area contributed by atoms with Gasteiger partial charge < -0.3 is 15.0 Å². The molecule has 31 heavy (non-hydrogen) atoms. The summed E-state index contributed by atoms with van der Waals surface area (Å²) in [5, 5.41) is 2.92. The molecule has 1 aromatic heterocycles. The van der Waals surface area contributed by atoms with Crippen molar-refractivity contribution < 1.29 is 14.3 Å². The minimum atomic E-state index is -0.205. The molecule has 0 atom stereocenters. The zero-order valence-corrected chi connectivity index (χ0v) is 18.9. The van der Waals surface area contributed by atoms with Crippen LogP contribution in [0.2, 0.25) is 0 Å². The quantitative estimate of drug-likeness (QED) is 0.736. The molecule has 2 amide bonds. The number of methoxy groups -OCH3 is 1. The van der Waals surface area contributed by atoms with Gasteiger partial charge in [-0.05, 0) is 31.7 Å². The Morgan fingerprint density at radius 2 is 1.94 bits per heavy atom. The number of rotatable bonds is 7. The van der Waals surface area contributed by atoms with Gasteiger partial charge in [0.25, 0.3) is 5.91 Å².